The first-order valence-corrected chi connectivity index (χ1v) is 25.4. The number of imidazole rings is 1. The van der Waals surface area contributed by atoms with Gasteiger partial charge in [-0.25, -0.2) is 19.3 Å². The molecule has 6 heterocycles. The Bertz CT molecular complexity index is 2940. The first-order valence-electron chi connectivity index (χ1n) is 24.5. The third-order valence-corrected chi connectivity index (χ3v) is 15.2. The zero-order valence-corrected chi connectivity index (χ0v) is 40.6. The van der Waals surface area contributed by atoms with Crippen LogP contribution in [0.15, 0.2) is 72.6 Å². The summed E-state index contributed by atoms with van der Waals surface area (Å²) in [6.07, 6.45) is 15.7. The summed E-state index contributed by atoms with van der Waals surface area (Å²) in [7, 11) is 1.72. The Balaban J connectivity index is 0.722. The lowest BCUT2D eigenvalue weighted by Crippen LogP contribution is -2.55. The highest BCUT2D eigenvalue weighted by molar-refractivity contribution is 7.10. The number of hydrogen-bond acceptors (Lipinski definition) is 13. The molecule has 0 radical (unpaired) electrons. The molecule has 370 valence electrons. The number of anilines is 2. The number of likely N-dealkylation sites (N-methyl/N-ethyl adjacent to an activating group) is 1. The summed E-state index contributed by atoms with van der Waals surface area (Å²) in [6.45, 7) is 3.08. The summed E-state index contributed by atoms with van der Waals surface area (Å²) >= 11 is 1.34. The van der Waals surface area contributed by atoms with Crippen LogP contribution in [0, 0.1) is 11.7 Å². The number of likely N-dealkylation sites (tertiary alicyclic amines) is 1. The highest BCUT2D eigenvalue weighted by Crippen LogP contribution is 2.41. The number of amides is 4. The molecular weight excluding hydrogens is 928 g/mol. The summed E-state index contributed by atoms with van der Waals surface area (Å²) in [4.78, 5) is 87.1. The minimum Gasteiger partial charge on any atom is -0.484 e. The van der Waals surface area contributed by atoms with Gasteiger partial charge < -0.3 is 35.4 Å². The van der Waals surface area contributed by atoms with Gasteiger partial charge in [0.25, 0.3) is 11.8 Å². The molecule has 4 aromatic heterocycles. The van der Waals surface area contributed by atoms with Gasteiger partial charge in [-0.05, 0) is 88.7 Å². The molecule has 4 N–H and O–H groups in total. The minimum atomic E-state index is -0.617. The topological polar surface area (TPSA) is 212 Å². The van der Waals surface area contributed by atoms with Gasteiger partial charge >= 0.3 is 0 Å². The summed E-state index contributed by atoms with van der Waals surface area (Å²) in [5.41, 5.74) is 4.02. The van der Waals surface area contributed by atoms with E-state index in [9.17, 15) is 24.0 Å². The van der Waals surface area contributed by atoms with Crippen molar-refractivity contribution in [2.75, 3.05) is 51.7 Å². The Hall–Kier alpha value is -7.06. The molecule has 6 aromatic rings. The van der Waals surface area contributed by atoms with Gasteiger partial charge in [0.15, 0.2) is 18.1 Å². The zero-order valence-electron chi connectivity index (χ0n) is 39.7. The summed E-state index contributed by atoms with van der Waals surface area (Å²) < 4.78 is 23.5. The number of rotatable bonds is 16. The number of nitrogens with zero attached hydrogens (tertiary/aromatic N) is 8. The van der Waals surface area contributed by atoms with Crippen molar-refractivity contribution < 1.29 is 33.1 Å². The SMILES string of the molecule is CN[C@@H](C)C(=O)N[C@H](C(=O)N1CCC[C@H]1c1nc(C(=O)c2cccc(OCC(=O)N3CCN(C(=O)c4ccc(Nc5nc(C6CC6)cn6c(-c7cn[nH]c7)cnc56)c(F)c4)CC3)c2)cs1)C1CCCCC1. The molecule has 4 fully saturated rings. The number of carbonyl (C=O) groups excluding carboxylic acids is 5. The number of nitrogens with one attached hydrogen (secondary N) is 4. The molecule has 2 saturated carbocycles. The Kier molecular flexibility index (Phi) is 13.9. The van der Waals surface area contributed by atoms with Crippen LogP contribution in [-0.2, 0) is 14.4 Å². The summed E-state index contributed by atoms with van der Waals surface area (Å²) in [6, 6.07) is 9.57. The van der Waals surface area contributed by atoms with Crippen molar-refractivity contribution in [3.8, 4) is 17.0 Å². The van der Waals surface area contributed by atoms with E-state index in [4.69, 9.17) is 14.7 Å². The Morgan fingerprint density at radius 2 is 1.70 bits per heavy atom. The molecule has 2 saturated heterocycles. The number of hydrogen-bond donors (Lipinski definition) is 4. The maximum atomic E-state index is 15.7. The molecule has 0 spiro atoms. The molecule has 2 aliphatic carbocycles. The zero-order chi connectivity index (χ0) is 49.2. The highest BCUT2D eigenvalue weighted by Gasteiger charge is 2.40. The lowest BCUT2D eigenvalue weighted by atomic mass is 9.83. The number of halogens is 1. The molecule has 20 heteroatoms. The van der Waals surface area contributed by atoms with Crippen LogP contribution in [0.2, 0.25) is 0 Å². The van der Waals surface area contributed by atoms with Crippen molar-refractivity contribution in [2.45, 2.75) is 88.8 Å². The van der Waals surface area contributed by atoms with E-state index >= 15 is 4.39 Å². The largest absolute Gasteiger partial charge is 0.484 e. The molecule has 4 aliphatic rings. The summed E-state index contributed by atoms with van der Waals surface area (Å²) in [5, 5.41) is 18.4. The normalized spacial score (nSPS) is 18.4. The molecular formula is C51H57FN12O6S. The van der Waals surface area contributed by atoms with E-state index in [0.29, 0.717) is 46.7 Å². The standard InChI is InChI=1S/C51H57FN12O6S/c1-30(53-2)48(67)60-44(32-8-4-3-5-9-32)51(69)63-17-7-12-41(63)49-59-40(29-71-49)45(66)33-10-6-11-36(22-33)70-28-43(65)61-18-20-62(21-19-61)50(68)34-15-16-38(37(52)23-34)57-46-47-54-26-42(35-24-55-56-25-35)64(47)27-39(58-46)31-13-14-31/h6,10-11,15-16,22-27,29-32,41,44,53H,3-5,7-9,12-14,17-21,28H2,1-2H3,(H,55,56)(H,57,58)(H,60,67)/t30-,41-,44-/m0/s1. The van der Waals surface area contributed by atoms with Gasteiger partial charge in [-0.3, -0.25) is 33.5 Å². The third-order valence-electron chi connectivity index (χ3n) is 14.2. The second-order valence-corrected chi connectivity index (χ2v) is 19.8. The van der Waals surface area contributed by atoms with Gasteiger partial charge in [-0.1, -0.05) is 31.4 Å². The Morgan fingerprint density at radius 3 is 2.45 bits per heavy atom. The monoisotopic (exact) mass is 984 g/mol. The minimum absolute atomic E-state index is 0.0664. The fourth-order valence-corrected chi connectivity index (χ4v) is 10.8. The van der Waals surface area contributed by atoms with Gasteiger partial charge in [0.1, 0.15) is 28.3 Å². The molecule has 0 unspecified atom stereocenters. The smallest absolute Gasteiger partial charge is 0.260 e. The highest BCUT2D eigenvalue weighted by atomic mass is 32.1. The average molecular weight is 985 g/mol. The maximum Gasteiger partial charge on any atom is 0.260 e. The van der Waals surface area contributed by atoms with Crippen molar-refractivity contribution in [3.05, 3.63) is 106 Å². The van der Waals surface area contributed by atoms with Crippen LogP contribution in [-0.4, -0.2) is 132 Å². The van der Waals surface area contributed by atoms with Crippen molar-refractivity contribution in [3.63, 3.8) is 0 Å². The van der Waals surface area contributed by atoms with Crippen LogP contribution in [0.4, 0.5) is 15.9 Å². The second kappa shape index (κ2) is 20.7. The molecule has 2 aliphatic heterocycles. The van der Waals surface area contributed by atoms with Crippen LogP contribution in [0.3, 0.4) is 0 Å². The number of ketones is 1. The fourth-order valence-electron chi connectivity index (χ4n) is 9.87. The lowest BCUT2D eigenvalue weighted by Gasteiger charge is -2.35. The Labute approximate surface area is 413 Å². The molecule has 2 aromatic carbocycles. The number of benzene rings is 2. The third kappa shape index (κ3) is 10.3. The lowest BCUT2D eigenvalue weighted by molar-refractivity contribution is -0.139. The van der Waals surface area contributed by atoms with Crippen molar-refractivity contribution in [1.82, 2.24) is 54.9 Å². The van der Waals surface area contributed by atoms with Gasteiger partial charge in [0.05, 0.1) is 41.6 Å². The summed E-state index contributed by atoms with van der Waals surface area (Å²) in [5.74, 6) is -0.718. The molecule has 3 atom stereocenters. The predicted octanol–water partition coefficient (Wildman–Crippen LogP) is 6.27. The van der Waals surface area contributed by atoms with Crippen LogP contribution in [0.5, 0.6) is 5.75 Å². The number of ether oxygens (including phenoxy) is 1. The van der Waals surface area contributed by atoms with Crippen molar-refractivity contribution >= 4 is 57.9 Å². The molecule has 18 nitrogen and oxygen atoms in total. The quantitative estimate of drug-likeness (QED) is 0.0791. The number of carbonyl (C=O) groups is 5. The van der Waals surface area contributed by atoms with E-state index in [1.165, 1.54) is 23.5 Å². The average Bonchev–Trinajstić information content (AvgIpc) is 3.84. The first kappa shape index (κ1) is 47.6. The van der Waals surface area contributed by atoms with Gasteiger partial charge in [0, 0.05) is 73.1 Å². The van der Waals surface area contributed by atoms with Crippen molar-refractivity contribution in [2.24, 2.45) is 5.92 Å². The number of thiazole rings is 1. The molecule has 71 heavy (non-hydrogen) atoms. The van der Waals surface area contributed by atoms with E-state index in [1.54, 1.807) is 78.1 Å². The second-order valence-electron chi connectivity index (χ2n) is 18.9. The van der Waals surface area contributed by atoms with E-state index in [-0.39, 0.29) is 91.1 Å². The van der Waals surface area contributed by atoms with Crippen LogP contribution in [0.1, 0.15) is 114 Å². The van der Waals surface area contributed by atoms with Crippen LogP contribution in [0.25, 0.3) is 16.9 Å². The molecule has 10 rings (SSSR count). The Morgan fingerprint density at radius 1 is 0.901 bits per heavy atom. The van der Waals surface area contributed by atoms with E-state index in [0.717, 1.165) is 68.3 Å². The van der Waals surface area contributed by atoms with E-state index in [2.05, 4.69) is 31.1 Å². The number of aromatic nitrogens is 6. The van der Waals surface area contributed by atoms with E-state index < -0.39 is 17.9 Å². The van der Waals surface area contributed by atoms with Crippen LogP contribution >= 0.6 is 11.3 Å². The van der Waals surface area contributed by atoms with E-state index in [1.807, 2.05) is 15.5 Å². The fraction of sp³-hybridized carbons (Fsp3) is 0.431. The number of fused-ring (bicyclic) bond motifs is 1. The maximum absolute atomic E-state index is 15.7. The first-order chi connectivity index (χ1) is 34.5. The van der Waals surface area contributed by atoms with Gasteiger partial charge in [-0.15, -0.1) is 11.3 Å². The number of H-pyrrole nitrogens is 1. The number of piperazine rings is 1. The van der Waals surface area contributed by atoms with Crippen LogP contribution < -0.4 is 20.7 Å². The van der Waals surface area contributed by atoms with Gasteiger partial charge in [-0.2, -0.15) is 5.10 Å². The van der Waals surface area contributed by atoms with Gasteiger partial charge in [0.2, 0.25) is 17.6 Å². The number of aromatic amines is 1. The predicted molar refractivity (Wildman–Crippen MR) is 263 cm³/mol. The molecule has 4 amide bonds. The van der Waals surface area contributed by atoms with Crippen molar-refractivity contribution in [1.29, 1.82) is 0 Å². The molecule has 0 bridgehead atoms.